The number of aliphatic imine (C=N–C) groups is 1. The molecule has 3 unspecified atom stereocenters. The smallest absolute Gasteiger partial charge is 0.270 e. The molecule has 1 N–H and O–H groups in total. The highest BCUT2D eigenvalue weighted by Crippen LogP contribution is 2.35. The molecular formula is C27H38N8O. The molecule has 9 heteroatoms. The van der Waals surface area contributed by atoms with Crippen molar-refractivity contribution in [1.82, 2.24) is 29.2 Å². The van der Waals surface area contributed by atoms with Crippen LogP contribution in [0.1, 0.15) is 62.0 Å². The van der Waals surface area contributed by atoms with E-state index < -0.39 is 0 Å². The van der Waals surface area contributed by atoms with E-state index >= 15 is 0 Å². The molecule has 3 fully saturated rings. The zero-order valence-electron chi connectivity index (χ0n) is 21.7. The Morgan fingerprint density at radius 1 is 1.08 bits per heavy atom. The molecule has 0 spiro atoms. The first-order chi connectivity index (χ1) is 17.5. The normalized spacial score (nSPS) is 26.9. The van der Waals surface area contributed by atoms with Gasteiger partial charge in [-0.1, -0.05) is 25.8 Å². The van der Waals surface area contributed by atoms with Crippen LogP contribution in [0.3, 0.4) is 0 Å². The second-order valence-corrected chi connectivity index (χ2v) is 11.1. The fraction of sp³-hybridized carbons (Fsp3) is 0.630. The van der Waals surface area contributed by atoms with Crippen LogP contribution < -0.4 is 5.32 Å². The fourth-order valence-electron chi connectivity index (χ4n) is 6.41. The van der Waals surface area contributed by atoms with Gasteiger partial charge >= 0.3 is 0 Å². The molecule has 192 valence electrons. The highest BCUT2D eigenvalue weighted by Gasteiger charge is 2.32. The molecule has 0 aromatic carbocycles. The average molecular weight is 491 g/mol. The van der Waals surface area contributed by atoms with Crippen LogP contribution in [-0.4, -0.2) is 93.8 Å². The first kappa shape index (κ1) is 23.5. The summed E-state index contributed by atoms with van der Waals surface area (Å²) in [5.74, 6) is 0.795. The minimum Gasteiger partial charge on any atom is -0.368 e. The van der Waals surface area contributed by atoms with Crippen molar-refractivity contribution in [2.75, 3.05) is 45.6 Å². The maximum Gasteiger partial charge on any atom is 0.270 e. The monoisotopic (exact) mass is 490 g/mol. The molecule has 6 rings (SSSR count). The molecular weight excluding hydrogens is 452 g/mol. The van der Waals surface area contributed by atoms with E-state index in [4.69, 9.17) is 9.98 Å². The summed E-state index contributed by atoms with van der Waals surface area (Å²) in [7, 11) is 3.60. The van der Waals surface area contributed by atoms with Gasteiger partial charge in [0.2, 0.25) is 5.95 Å². The summed E-state index contributed by atoms with van der Waals surface area (Å²) in [5, 5.41) is 4.37. The number of anilines is 1. The van der Waals surface area contributed by atoms with Gasteiger partial charge in [0.25, 0.3) is 5.91 Å². The van der Waals surface area contributed by atoms with Crippen LogP contribution in [-0.2, 0) is 0 Å². The van der Waals surface area contributed by atoms with Crippen molar-refractivity contribution < 1.29 is 4.79 Å². The molecule has 5 heterocycles. The number of carbonyl (C=O) groups excluding carboxylic acids is 1. The third-order valence-electron chi connectivity index (χ3n) is 8.42. The second kappa shape index (κ2) is 9.50. The van der Waals surface area contributed by atoms with Crippen molar-refractivity contribution >= 4 is 29.1 Å². The number of hydrogen-bond acceptors (Lipinski definition) is 7. The van der Waals surface area contributed by atoms with Crippen molar-refractivity contribution in [3.05, 3.63) is 29.7 Å². The zero-order chi connectivity index (χ0) is 24.8. The highest BCUT2D eigenvalue weighted by atomic mass is 16.2. The van der Waals surface area contributed by atoms with Crippen LogP contribution in [0.4, 0.5) is 5.95 Å². The maximum absolute atomic E-state index is 13.0. The predicted octanol–water partition coefficient (Wildman–Crippen LogP) is 3.37. The molecule has 1 saturated carbocycles. The second-order valence-electron chi connectivity index (χ2n) is 11.1. The Labute approximate surface area is 213 Å². The van der Waals surface area contributed by atoms with E-state index in [0.29, 0.717) is 23.7 Å². The number of allylic oxidation sites excluding steroid dienone is 1. The summed E-state index contributed by atoms with van der Waals surface area (Å²) in [6.45, 7) is 6.79. The molecule has 3 atom stereocenters. The van der Waals surface area contributed by atoms with Crippen LogP contribution in [0.15, 0.2) is 29.0 Å². The van der Waals surface area contributed by atoms with Crippen molar-refractivity contribution in [2.24, 2.45) is 10.9 Å². The van der Waals surface area contributed by atoms with Gasteiger partial charge < -0.3 is 19.7 Å². The van der Waals surface area contributed by atoms with Crippen molar-refractivity contribution in [3.63, 3.8) is 0 Å². The largest absolute Gasteiger partial charge is 0.368 e. The molecule has 9 nitrogen and oxygen atoms in total. The van der Waals surface area contributed by atoms with Crippen molar-refractivity contribution in [1.29, 1.82) is 0 Å². The molecule has 2 saturated heterocycles. The summed E-state index contributed by atoms with van der Waals surface area (Å²) in [5.41, 5.74) is 2.78. The van der Waals surface area contributed by atoms with Gasteiger partial charge in [-0.25, -0.2) is 4.98 Å². The molecule has 4 aliphatic rings. The van der Waals surface area contributed by atoms with E-state index in [0.717, 1.165) is 43.5 Å². The van der Waals surface area contributed by atoms with Gasteiger partial charge in [-0.3, -0.25) is 14.7 Å². The Balaban J connectivity index is 1.21. The lowest BCUT2D eigenvalue weighted by molar-refractivity contribution is 0.0815. The number of fused-ring (bicyclic) bond motifs is 2. The third-order valence-corrected chi connectivity index (χ3v) is 8.42. The minimum atomic E-state index is -0.114. The molecule has 0 radical (unpaired) electrons. The van der Waals surface area contributed by atoms with E-state index in [9.17, 15) is 4.79 Å². The molecule has 1 aliphatic carbocycles. The minimum absolute atomic E-state index is 0.0102. The average Bonchev–Trinajstić information content (AvgIpc) is 3.63. The van der Waals surface area contributed by atoms with Gasteiger partial charge in [0.15, 0.2) is 0 Å². The van der Waals surface area contributed by atoms with Crippen LogP contribution in [0.2, 0.25) is 0 Å². The Morgan fingerprint density at radius 2 is 1.89 bits per heavy atom. The number of carbonyl (C=O) groups is 1. The van der Waals surface area contributed by atoms with Gasteiger partial charge in [-0.15, -0.1) is 0 Å². The predicted molar refractivity (Wildman–Crippen MR) is 142 cm³/mol. The van der Waals surface area contributed by atoms with E-state index in [1.807, 2.05) is 18.5 Å². The molecule has 0 bridgehead atoms. The number of piperazine rings is 1. The lowest BCUT2D eigenvalue weighted by atomic mass is 10.0. The number of dihydropyridines is 1. The Morgan fingerprint density at radius 3 is 2.67 bits per heavy atom. The van der Waals surface area contributed by atoms with E-state index in [1.165, 1.54) is 37.9 Å². The zero-order valence-corrected chi connectivity index (χ0v) is 21.7. The third kappa shape index (κ3) is 4.27. The number of hydrogen-bond donors (Lipinski definition) is 1. The number of aromatic nitrogens is 3. The maximum atomic E-state index is 13.0. The van der Waals surface area contributed by atoms with Gasteiger partial charge in [-0.05, 0) is 38.3 Å². The standard InChI is InChI=1S/C27H38N8O/c1-18-13-22(34-12-11-33-10-6-9-21(33)17-34)16-28-24(18)30-27-29-15-19-14-23(26(36)32(2)3)35(25(19)31-27)20-7-4-5-8-20/h13-16,18,20-21,24H,4-12,17H2,1-3H3,(H,29,30,31). The Hall–Kier alpha value is -2.94. The number of amides is 1. The Bertz CT molecular complexity index is 1190. The summed E-state index contributed by atoms with van der Waals surface area (Å²) < 4.78 is 2.16. The van der Waals surface area contributed by atoms with Gasteiger partial charge in [0, 0.05) is 69.5 Å². The molecule has 1 amide bonds. The molecule has 2 aromatic heterocycles. The van der Waals surface area contributed by atoms with Crippen molar-refractivity contribution in [3.8, 4) is 0 Å². The highest BCUT2D eigenvalue weighted by molar-refractivity contribution is 5.97. The summed E-state index contributed by atoms with van der Waals surface area (Å²) in [6.07, 6.45) is 13.3. The van der Waals surface area contributed by atoms with E-state index in [2.05, 4.69) is 37.7 Å². The first-order valence-corrected chi connectivity index (χ1v) is 13.6. The SMILES string of the molecule is CC1C=C(N2CCN3CCCC3C2)C=NC1Nc1ncc2cc(C(=O)N(C)C)n(C3CCCC3)c2n1. The number of rotatable bonds is 5. The number of nitrogens with zero attached hydrogens (tertiary/aromatic N) is 7. The summed E-state index contributed by atoms with van der Waals surface area (Å²) in [4.78, 5) is 34.1. The topological polar surface area (TPSA) is 81.9 Å². The molecule has 36 heavy (non-hydrogen) atoms. The summed E-state index contributed by atoms with van der Waals surface area (Å²) >= 11 is 0. The quantitative estimate of drug-likeness (QED) is 0.692. The lowest BCUT2D eigenvalue weighted by Crippen LogP contribution is -2.50. The van der Waals surface area contributed by atoms with Crippen LogP contribution >= 0.6 is 0 Å². The van der Waals surface area contributed by atoms with Crippen LogP contribution in [0.25, 0.3) is 11.0 Å². The first-order valence-electron chi connectivity index (χ1n) is 13.6. The van der Waals surface area contributed by atoms with E-state index in [-0.39, 0.29) is 18.0 Å². The molecule has 2 aromatic rings. The van der Waals surface area contributed by atoms with Gasteiger partial charge in [0.1, 0.15) is 17.5 Å². The summed E-state index contributed by atoms with van der Waals surface area (Å²) in [6, 6.07) is 2.95. The van der Waals surface area contributed by atoms with Gasteiger partial charge in [0.05, 0.1) is 5.70 Å². The fourth-order valence-corrected chi connectivity index (χ4v) is 6.41. The lowest BCUT2D eigenvalue weighted by Gasteiger charge is -2.40. The van der Waals surface area contributed by atoms with E-state index in [1.54, 1.807) is 19.0 Å². The Kier molecular flexibility index (Phi) is 6.19. The van der Waals surface area contributed by atoms with Crippen LogP contribution in [0, 0.1) is 5.92 Å². The van der Waals surface area contributed by atoms with Gasteiger partial charge in [-0.2, -0.15) is 4.98 Å². The van der Waals surface area contributed by atoms with Crippen molar-refractivity contribution in [2.45, 2.75) is 63.7 Å². The van der Waals surface area contributed by atoms with Crippen LogP contribution in [0.5, 0.6) is 0 Å². The number of nitrogens with one attached hydrogen (secondary N) is 1. The molecule has 3 aliphatic heterocycles.